The molecule has 5 nitrogen and oxygen atoms in total. The van der Waals surface area contributed by atoms with Gasteiger partial charge in [-0.3, -0.25) is 9.69 Å². The van der Waals surface area contributed by atoms with Crippen molar-refractivity contribution in [1.29, 1.82) is 0 Å². The first-order valence-corrected chi connectivity index (χ1v) is 9.48. The predicted octanol–water partition coefficient (Wildman–Crippen LogP) is 3.10. The number of ether oxygens (including phenoxy) is 1. The molecule has 5 heteroatoms. The summed E-state index contributed by atoms with van der Waals surface area (Å²) in [6, 6.07) is 6.20. The van der Waals surface area contributed by atoms with Crippen molar-refractivity contribution in [3.8, 4) is 5.75 Å². The number of aromatic nitrogens is 1. The first-order valence-electron chi connectivity index (χ1n) is 9.48. The second-order valence-electron chi connectivity index (χ2n) is 6.73. The minimum absolute atomic E-state index is 0.0987. The molecule has 0 saturated carbocycles. The van der Waals surface area contributed by atoms with Crippen LogP contribution in [-0.4, -0.2) is 48.6 Å². The van der Waals surface area contributed by atoms with Crippen LogP contribution in [0.3, 0.4) is 0 Å². The zero-order valence-corrected chi connectivity index (χ0v) is 15.1. The van der Waals surface area contributed by atoms with E-state index in [4.69, 9.17) is 4.74 Å². The Kier molecular flexibility index (Phi) is 6.34. The lowest BCUT2D eigenvalue weighted by atomic mass is 10.1. The van der Waals surface area contributed by atoms with Gasteiger partial charge in [0.1, 0.15) is 12.4 Å². The highest BCUT2D eigenvalue weighted by Crippen LogP contribution is 2.24. The summed E-state index contributed by atoms with van der Waals surface area (Å²) in [6.45, 7) is 6.68. The first-order chi connectivity index (χ1) is 12.3. The SMILES string of the molecule is CCC(=O)NCCc1c[nH]c2ccc(OCCN3CCCCC3)cc12. The molecule has 0 bridgehead atoms. The van der Waals surface area contributed by atoms with Gasteiger partial charge in [-0.05, 0) is 56.1 Å². The molecule has 2 N–H and O–H groups in total. The smallest absolute Gasteiger partial charge is 0.219 e. The van der Waals surface area contributed by atoms with Gasteiger partial charge in [0.15, 0.2) is 0 Å². The molecule has 1 aliphatic heterocycles. The first kappa shape index (κ1) is 17.8. The van der Waals surface area contributed by atoms with Crippen molar-refractivity contribution >= 4 is 16.8 Å². The molecule has 1 aliphatic rings. The lowest BCUT2D eigenvalue weighted by molar-refractivity contribution is -0.120. The van der Waals surface area contributed by atoms with E-state index in [9.17, 15) is 4.79 Å². The van der Waals surface area contributed by atoms with Gasteiger partial charge >= 0.3 is 0 Å². The van der Waals surface area contributed by atoms with Gasteiger partial charge in [-0.25, -0.2) is 0 Å². The quantitative estimate of drug-likeness (QED) is 0.774. The van der Waals surface area contributed by atoms with Crippen LogP contribution in [0.15, 0.2) is 24.4 Å². The van der Waals surface area contributed by atoms with E-state index in [2.05, 4.69) is 27.3 Å². The van der Waals surface area contributed by atoms with E-state index >= 15 is 0 Å². The average Bonchev–Trinajstić information content (AvgIpc) is 3.05. The van der Waals surface area contributed by atoms with Crippen LogP contribution in [0, 0.1) is 0 Å². The van der Waals surface area contributed by atoms with Crippen LogP contribution in [-0.2, 0) is 11.2 Å². The maximum Gasteiger partial charge on any atom is 0.219 e. The molecule has 0 aliphatic carbocycles. The van der Waals surface area contributed by atoms with E-state index in [0.717, 1.165) is 30.8 Å². The summed E-state index contributed by atoms with van der Waals surface area (Å²) >= 11 is 0. The van der Waals surface area contributed by atoms with Crippen LogP contribution in [0.1, 0.15) is 38.2 Å². The number of fused-ring (bicyclic) bond motifs is 1. The van der Waals surface area contributed by atoms with Gasteiger partial charge in [0.05, 0.1) is 0 Å². The molecule has 3 rings (SSSR count). The predicted molar refractivity (Wildman–Crippen MR) is 101 cm³/mol. The molecule has 1 fully saturated rings. The fraction of sp³-hybridized carbons (Fsp3) is 0.550. The van der Waals surface area contributed by atoms with Crippen LogP contribution in [0.5, 0.6) is 5.75 Å². The monoisotopic (exact) mass is 343 g/mol. The molecule has 2 aromatic rings. The summed E-state index contributed by atoms with van der Waals surface area (Å²) < 4.78 is 5.98. The number of hydrogen-bond acceptors (Lipinski definition) is 3. The molecule has 0 radical (unpaired) electrons. The molecule has 2 heterocycles. The second-order valence-corrected chi connectivity index (χ2v) is 6.73. The van der Waals surface area contributed by atoms with E-state index in [0.29, 0.717) is 13.0 Å². The number of carbonyl (C=O) groups is 1. The van der Waals surface area contributed by atoms with Crippen LogP contribution in [0.25, 0.3) is 10.9 Å². The zero-order valence-electron chi connectivity index (χ0n) is 15.1. The molecule has 0 atom stereocenters. The standard InChI is InChI=1S/C20H29N3O2/c1-2-20(24)21-9-8-16-15-22-19-7-6-17(14-18(16)19)25-13-12-23-10-4-3-5-11-23/h6-7,14-15,22H,2-5,8-13H2,1H3,(H,21,24). The molecule has 136 valence electrons. The van der Waals surface area contributed by atoms with Gasteiger partial charge in [0, 0.05) is 36.6 Å². The highest BCUT2D eigenvalue weighted by molar-refractivity contribution is 5.84. The summed E-state index contributed by atoms with van der Waals surface area (Å²) in [5.74, 6) is 1.02. The number of hydrogen-bond donors (Lipinski definition) is 2. The second kappa shape index (κ2) is 8.90. The van der Waals surface area contributed by atoms with Crippen LogP contribution >= 0.6 is 0 Å². The summed E-state index contributed by atoms with van der Waals surface area (Å²) in [7, 11) is 0. The fourth-order valence-electron chi connectivity index (χ4n) is 3.39. The number of amides is 1. The number of H-pyrrole nitrogens is 1. The number of rotatable bonds is 8. The average molecular weight is 343 g/mol. The molecule has 0 unspecified atom stereocenters. The van der Waals surface area contributed by atoms with E-state index in [1.807, 2.05) is 19.2 Å². The van der Waals surface area contributed by atoms with Crippen molar-refractivity contribution in [2.24, 2.45) is 0 Å². The number of carbonyl (C=O) groups excluding carboxylic acids is 1. The lowest BCUT2D eigenvalue weighted by Gasteiger charge is -2.26. The van der Waals surface area contributed by atoms with Gasteiger partial charge in [0.2, 0.25) is 5.91 Å². The van der Waals surface area contributed by atoms with Crippen LogP contribution < -0.4 is 10.1 Å². The Balaban J connectivity index is 1.54. The van der Waals surface area contributed by atoms with E-state index < -0.39 is 0 Å². The third-order valence-corrected chi connectivity index (χ3v) is 4.90. The molecule has 1 saturated heterocycles. The number of aromatic amines is 1. The highest BCUT2D eigenvalue weighted by atomic mass is 16.5. The van der Waals surface area contributed by atoms with E-state index in [-0.39, 0.29) is 5.91 Å². The number of piperidine rings is 1. The van der Waals surface area contributed by atoms with Gasteiger partial charge in [-0.2, -0.15) is 0 Å². The van der Waals surface area contributed by atoms with Crippen LogP contribution in [0.4, 0.5) is 0 Å². The Morgan fingerprint density at radius 1 is 1.28 bits per heavy atom. The fourth-order valence-corrected chi connectivity index (χ4v) is 3.39. The van der Waals surface area contributed by atoms with Gasteiger partial charge in [-0.15, -0.1) is 0 Å². The molecule has 1 amide bonds. The molecular formula is C20H29N3O2. The number of benzene rings is 1. The van der Waals surface area contributed by atoms with Crippen LogP contribution in [0.2, 0.25) is 0 Å². The van der Waals surface area contributed by atoms with Crippen molar-refractivity contribution in [3.05, 3.63) is 30.0 Å². The topological polar surface area (TPSA) is 57.4 Å². The maximum atomic E-state index is 11.4. The summed E-state index contributed by atoms with van der Waals surface area (Å²) in [5, 5.41) is 4.11. The van der Waals surface area contributed by atoms with Crippen molar-refractivity contribution in [1.82, 2.24) is 15.2 Å². The molecule has 1 aromatic heterocycles. The van der Waals surface area contributed by atoms with Gasteiger partial charge < -0.3 is 15.0 Å². The molecular weight excluding hydrogens is 314 g/mol. The molecule has 0 spiro atoms. The van der Waals surface area contributed by atoms with Crippen molar-refractivity contribution in [3.63, 3.8) is 0 Å². The third-order valence-electron chi connectivity index (χ3n) is 4.90. The Hall–Kier alpha value is -2.01. The Morgan fingerprint density at radius 2 is 2.12 bits per heavy atom. The number of likely N-dealkylation sites (tertiary alicyclic amines) is 1. The number of nitrogens with one attached hydrogen (secondary N) is 2. The van der Waals surface area contributed by atoms with Crippen molar-refractivity contribution in [2.45, 2.75) is 39.0 Å². The Morgan fingerprint density at radius 3 is 2.92 bits per heavy atom. The molecule has 1 aromatic carbocycles. The van der Waals surface area contributed by atoms with Crippen molar-refractivity contribution < 1.29 is 9.53 Å². The third kappa shape index (κ3) is 4.98. The van der Waals surface area contributed by atoms with Gasteiger partial charge in [0.25, 0.3) is 0 Å². The van der Waals surface area contributed by atoms with Crippen molar-refractivity contribution in [2.75, 3.05) is 32.8 Å². The van der Waals surface area contributed by atoms with E-state index in [1.165, 1.54) is 43.3 Å². The maximum absolute atomic E-state index is 11.4. The normalized spacial score (nSPS) is 15.4. The summed E-state index contributed by atoms with van der Waals surface area (Å²) in [6.07, 6.45) is 7.37. The zero-order chi connectivity index (χ0) is 17.5. The Bertz CT molecular complexity index is 689. The molecule has 25 heavy (non-hydrogen) atoms. The van der Waals surface area contributed by atoms with E-state index in [1.54, 1.807) is 0 Å². The largest absolute Gasteiger partial charge is 0.492 e. The highest BCUT2D eigenvalue weighted by Gasteiger charge is 2.10. The summed E-state index contributed by atoms with van der Waals surface area (Å²) in [5.41, 5.74) is 2.33. The summed E-state index contributed by atoms with van der Waals surface area (Å²) in [4.78, 5) is 17.1. The minimum atomic E-state index is 0.0987. The van der Waals surface area contributed by atoms with Gasteiger partial charge in [-0.1, -0.05) is 13.3 Å². The minimum Gasteiger partial charge on any atom is -0.492 e. The lowest BCUT2D eigenvalue weighted by Crippen LogP contribution is -2.33. The Labute approximate surface area is 149 Å². The number of nitrogens with zero attached hydrogens (tertiary/aromatic N) is 1.